The SMILES string of the molecule is COc1c(C=O)c2c(c3c1OC(C)(C)C3)C(c1ccccc1)=NC(C)(C)C2. The molecule has 0 N–H and O–H groups in total. The number of carbonyl (C=O) groups is 1. The maximum atomic E-state index is 12.1. The average molecular weight is 363 g/mol. The van der Waals surface area contributed by atoms with E-state index in [1.54, 1.807) is 7.11 Å². The van der Waals surface area contributed by atoms with E-state index in [4.69, 9.17) is 14.5 Å². The zero-order valence-electron chi connectivity index (χ0n) is 16.6. The predicted molar refractivity (Wildman–Crippen MR) is 107 cm³/mol. The van der Waals surface area contributed by atoms with Crippen molar-refractivity contribution in [2.24, 2.45) is 4.99 Å². The van der Waals surface area contributed by atoms with Gasteiger partial charge in [-0.3, -0.25) is 9.79 Å². The summed E-state index contributed by atoms with van der Waals surface area (Å²) in [7, 11) is 1.60. The number of benzene rings is 2. The van der Waals surface area contributed by atoms with Gasteiger partial charge in [-0.25, -0.2) is 0 Å². The summed E-state index contributed by atoms with van der Waals surface area (Å²) in [5.41, 5.74) is 5.08. The molecule has 140 valence electrons. The zero-order valence-corrected chi connectivity index (χ0v) is 16.6. The Bertz CT molecular complexity index is 956. The van der Waals surface area contributed by atoms with Crippen molar-refractivity contribution in [3.05, 3.63) is 58.1 Å². The number of hydrogen-bond acceptors (Lipinski definition) is 4. The normalized spacial score (nSPS) is 18.8. The molecule has 0 spiro atoms. The molecule has 0 bridgehead atoms. The van der Waals surface area contributed by atoms with E-state index in [2.05, 4.69) is 39.8 Å². The predicted octanol–water partition coefficient (Wildman–Crippen LogP) is 4.39. The van der Waals surface area contributed by atoms with E-state index in [-0.39, 0.29) is 11.1 Å². The molecule has 0 saturated heterocycles. The molecule has 0 radical (unpaired) electrons. The number of methoxy groups -OCH3 is 1. The van der Waals surface area contributed by atoms with Crippen LogP contribution in [0.2, 0.25) is 0 Å². The van der Waals surface area contributed by atoms with Crippen molar-refractivity contribution < 1.29 is 14.3 Å². The molecule has 0 amide bonds. The second kappa shape index (κ2) is 5.95. The molecule has 27 heavy (non-hydrogen) atoms. The van der Waals surface area contributed by atoms with Crippen LogP contribution < -0.4 is 9.47 Å². The first kappa shape index (κ1) is 17.8. The van der Waals surface area contributed by atoms with E-state index in [1.807, 2.05) is 18.2 Å². The van der Waals surface area contributed by atoms with Crippen LogP contribution in [-0.2, 0) is 12.8 Å². The molecule has 4 rings (SSSR count). The van der Waals surface area contributed by atoms with Crippen molar-refractivity contribution in [2.75, 3.05) is 7.11 Å². The van der Waals surface area contributed by atoms with Crippen LogP contribution in [-0.4, -0.2) is 30.2 Å². The lowest BCUT2D eigenvalue weighted by Crippen LogP contribution is -2.31. The molecule has 0 atom stereocenters. The molecule has 0 unspecified atom stereocenters. The quantitative estimate of drug-likeness (QED) is 0.760. The van der Waals surface area contributed by atoms with Crippen LogP contribution in [0.25, 0.3) is 0 Å². The Morgan fingerprint density at radius 2 is 1.78 bits per heavy atom. The molecular weight excluding hydrogens is 338 g/mol. The fraction of sp³-hybridized carbons (Fsp3) is 0.391. The van der Waals surface area contributed by atoms with Gasteiger partial charge in [0.2, 0.25) is 0 Å². The van der Waals surface area contributed by atoms with Crippen LogP contribution in [0.3, 0.4) is 0 Å². The molecular formula is C23H25NO3. The van der Waals surface area contributed by atoms with Gasteiger partial charge in [-0.05, 0) is 39.7 Å². The monoisotopic (exact) mass is 363 g/mol. The fourth-order valence-electron chi connectivity index (χ4n) is 4.27. The fourth-order valence-corrected chi connectivity index (χ4v) is 4.27. The molecule has 4 heteroatoms. The second-order valence-corrected chi connectivity index (χ2v) is 8.58. The van der Waals surface area contributed by atoms with E-state index < -0.39 is 0 Å². The summed E-state index contributed by atoms with van der Waals surface area (Å²) in [6, 6.07) is 10.2. The van der Waals surface area contributed by atoms with E-state index in [0.29, 0.717) is 23.5 Å². The maximum Gasteiger partial charge on any atom is 0.171 e. The van der Waals surface area contributed by atoms with Gasteiger partial charge in [0.05, 0.1) is 23.9 Å². The molecule has 0 aliphatic carbocycles. The molecule has 2 aromatic rings. The van der Waals surface area contributed by atoms with Crippen LogP contribution >= 0.6 is 0 Å². The summed E-state index contributed by atoms with van der Waals surface area (Å²) in [6.07, 6.45) is 2.35. The first-order valence-corrected chi connectivity index (χ1v) is 9.32. The number of ether oxygens (including phenoxy) is 2. The number of aldehydes is 1. The van der Waals surface area contributed by atoms with Gasteiger partial charge < -0.3 is 9.47 Å². The number of hydrogen-bond donors (Lipinski definition) is 0. The van der Waals surface area contributed by atoms with Crippen LogP contribution in [0.1, 0.15) is 60.3 Å². The topological polar surface area (TPSA) is 47.9 Å². The van der Waals surface area contributed by atoms with Gasteiger partial charge in [0.15, 0.2) is 17.8 Å². The molecule has 0 fully saturated rings. The minimum Gasteiger partial charge on any atom is -0.492 e. The summed E-state index contributed by atoms with van der Waals surface area (Å²) < 4.78 is 11.9. The minimum absolute atomic E-state index is 0.301. The standard InChI is InChI=1S/C23H25NO3/c1-22(2)11-15-17(13-25)20(26-5)21-16(12-23(3,4)27-21)18(15)19(24-22)14-9-7-6-8-10-14/h6-10,13H,11-12H2,1-5H3. The van der Waals surface area contributed by atoms with Gasteiger partial charge in [0, 0.05) is 23.1 Å². The summed E-state index contributed by atoms with van der Waals surface area (Å²) in [6.45, 7) is 8.33. The highest BCUT2D eigenvalue weighted by Crippen LogP contribution is 2.49. The molecule has 2 aliphatic heterocycles. The zero-order chi connectivity index (χ0) is 19.4. The molecule has 2 aromatic carbocycles. The van der Waals surface area contributed by atoms with Crippen molar-refractivity contribution in [1.29, 1.82) is 0 Å². The van der Waals surface area contributed by atoms with Gasteiger partial charge in [-0.2, -0.15) is 0 Å². The summed E-state index contributed by atoms with van der Waals surface area (Å²) in [5.74, 6) is 1.24. The summed E-state index contributed by atoms with van der Waals surface area (Å²) in [5, 5.41) is 0. The lowest BCUT2D eigenvalue weighted by atomic mass is 9.79. The van der Waals surface area contributed by atoms with E-state index in [1.165, 1.54) is 0 Å². The second-order valence-electron chi connectivity index (χ2n) is 8.58. The molecule has 2 aliphatic rings. The number of rotatable bonds is 3. The van der Waals surface area contributed by atoms with Crippen molar-refractivity contribution in [3.63, 3.8) is 0 Å². The average Bonchev–Trinajstić information content (AvgIpc) is 2.94. The van der Waals surface area contributed by atoms with Crippen molar-refractivity contribution in [2.45, 2.75) is 51.7 Å². The van der Waals surface area contributed by atoms with Crippen LogP contribution in [0.15, 0.2) is 35.3 Å². The Morgan fingerprint density at radius 1 is 1.07 bits per heavy atom. The Morgan fingerprint density at radius 3 is 2.41 bits per heavy atom. The minimum atomic E-state index is -0.348. The lowest BCUT2D eigenvalue weighted by molar-refractivity contribution is 0.111. The molecule has 2 heterocycles. The summed E-state index contributed by atoms with van der Waals surface area (Å²) >= 11 is 0. The highest BCUT2D eigenvalue weighted by molar-refractivity contribution is 6.17. The Balaban J connectivity index is 2.09. The number of carbonyl (C=O) groups excluding carboxylic acids is 1. The van der Waals surface area contributed by atoms with Crippen LogP contribution in [0.5, 0.6) is 11.5 Å². The van der Waals surface area contributed by atoms with Gasteiger partial charge in [-0.15, -0.1) is 0 Å². The highest BCUT2D eigenvalue weighted by Gasteiger charge is 2.41. The van der Waals surface area contributed by atoms with E-state index in [0.717, 1.165) is 40.7 Å². The van der Waals surface area contributed by atoms with Crippen LogP contribution in [0.4, 0.5) is 0 Å². The third-order valence-electron chi connectivity index (χ3n) is 5.26. The Labute approximate surface area is 160 Å². The van der Waals surface area contributed by atoms with E-state index in [9.17, 15) is 4.79 Å². The Kier molecular flexibility index (Phi) is 3.91. The Hall–Kier alpha value is -2.62. The van der Waals surface area contributed by atoms with Crippen LogP contribution in [0, 0.1) is 0 Å². The smallest absolute Gasteiger partial charge is 0.171 e. The first-order chi connectivity index (χ1) is 12.8. The maximum absolute atomic E-state index is 12.1. The third kappa shape index (κ3) is 2.84. The van der Waals surface area contributed by atoms with Crippen molar-refractivity contribution in [1.82, 2.24) is 0 Å². The molecule has 0 saturated carbocycles. The number of aliphatic imine (C=N–C) groups is 1. The lowest BCUT2D eigenvalue weighted by Gasteiger charge is -2.32. The van der Waals surface area contributed by atoms with Gasteiger partial charge in [-0.1, -0.05) is 30.3 Å². The van der Waals surface area contributed by atoms with Crippen molar-refractivity contribution >= 4 is 12.0 Å². The highest BCUT2D eigenvalue weighted by atomic mass is 16.5. The number of nitrogens with zero attached hydrogens (tertiary/aromatic N) is 1. The van der Waals surface area contributed by atoms with E-state index >= 15 is 0 Å². The van der Waals surface area contributed by atoms with Crippen molar-refractivity contribution in [3.8, 4) is 11.5 Å². The number of fused-ring (bicyclic) bond motifs is 3. The largest absolute Gasteiger partial charge is 0.492 e. The van der Waals surface area contributed by atoms with Gasteiger partial charge >= 0.3 is 0 Å². The first-order valence-electron chi connectivity index (χ1n) is 9.32. The molecule has 4 nitrogen and oxygen atoms in total. The third-order valence-corrected chi connectivity index (χ3v) is 5.26. The van der Waals surface area contributed by atoms with Gasteiger partial charge in [0.25, 0.3) is 0 Å². The summed E-state index contributed by atoms with van der Waals surface area (Å²) in [4.78, 5) is 17.2. The molecule has 0 aromatic heterocycles. The van der Waals surface area contributed by atoms with Gasteiger partial charge in [0.1, 0.15) is 5.60 Å².